The van der Waals surface area contributed by atoms with Gasteiger partial charge in [-0.05, 0) is 0 Å². The maximum Gasteiger partial charge on any atom is 0.330 e. The standard InChI is InChI=1S/C11H12F4N2O3/c12-10(13)11(14,15)5-20-4-8-16-7-1-2-19-3-6(7)9(18)17-8/h10H,1-5H2,(H,16,17,18). The molecule has 1 aliphatic heterocycles. The van der Waals surface area contributed by atoms with Gasteiger partial charge < -0.3 is 14.5 Å². The summed E-state index contributed by atoms with van der Waals surface area (Å²) >= 11 is 0. The maximum absolute atomic E-state index is 12.6. The summed E-state index contributed by atoms with van der Waals surface area (Å²) in [5.74, 6) is -4.19. The van der Waals surface area contributed by atoms with Crippen molar-refractivity contribution in [3.63, 3.8) is 0 Å². The lowest BCUT2D eigenvalue weighted by Crippen LogP contribution is -2.32. The molecule has 20 heavy (non-hydrogen) atoms. The van der Waals surface area contributed by atoms with E-state index in [9.17, 15) is 22.4 Å². The van der Waals surface area contributed by atoms with Crippen LogP contribution < -0.4 is 5.56 Å². The van der Waals surface area contributed by atoms with Gasteiger partial charge in [-0.25, -0.2) is 13.8 Å². The van der Waals surface area contributed by atoms with E-state index in [-0.39, 0.29) is 12.4 Å². The van der Waals surface area contributed by atoms with Gasteiger partial charge in [0.1, 0.15) is 19.0 Å². The summed E-state index contributed by atoms with van der Waals surface area (Å²) in [5.41, 5.74) is 0.464. The average molecular weight is 296 g/mol. The molecule has 0 aromatic carbocycles. The van der Waals surface area contributed by atoms with Crippen molar-refractivity contribution in [3.05, 3.63) is 27.4 Å². The van der Waals surface area contributed by atoms with Crippen molar-refractivity contribution in [2.24, 2.45) is 0 Å². The van der Waals surface area contributed by atoms with Gasteiger partial charge in [0, 0.05) is 6.42 Å². The molecule has 0 bridgehead atoms. The number of hydrogen-bond acceptors (Lipinski definition) is 4. The van der Waals surface area contributed by atoms with Crippen molar-refractivity contribution >= 4 is 0 Å². The van der Waals surface area contributed by atoms with Crippen LogP contribution >= 0.6 is 0 Å². The minimum absolute atomic E-state index is 0.0284. The predicted octanol–water partition coefficient (Wildman–Crippen LogP) is 1.26. The first-order valence-corrected chi connectivity index (χ1v) is 5.82. The zero-order valence-electron chi connectivity index (χ0n) is 10.3. The highest BCUT2D eigenvalue weighted by Gasteiger charge is 2.41. The molecule has 0 radical (unpaired) electrons. The normalized spacial score (nSPS) is 15.4. The lowest BCUT2D eigenvalue weighted by atomic mass is 10.1. The van der Waals surface area contributed by atoms with Gasteiger partial charge in [0.25, 0.3) is 5.56 Å². The van der Waals surface area contributed by atoms with E-state index in [1.54, 1.807) is 0 Å². The van der Waals surface area contributed by atoms with Crippen LogP contribution in [0.25, 0.3) is 0 Å². The molecule has 112 valence electrons. The second-order valence-corrected chi connectivity index (χ2v) is 4.29. The number of halogens is 4. The molecule has 9 heteroatoms. The Labute approximate surface area is 110 Å². The molecule has 0 fully saturated rings. The first kappa shape index (κ1) is 14.9. The third kappa shape index (κ3) is 3.34. The molecule has 5 nitrogen and oxygen atoms in total. The molecule has 0 saturated heterocycles. The number of hydrogen-bond donors (Lipinski definition) is 1. The highest BCUT2D eigenvalue weighted by atomic mass is 19.3. The number of aromatic nitrogens is 2. The monoisotopic (exact) mass is 296 g/mol. The van der Waals surface area contributed by atoms with E-state index < -0.39 is 31.1 Å². The number of ether oxygens (including phenoxy) is 2. The number of aromatic amines is 1. The Hall–Kier alpha value is -1.48. The molecule has 1 aromatic heterocycles. The van der Waals surface area contributed by atoms with Crippen molar-refractivity contribution in [1.82, 2.24) is 9.97 Å². The fourth-order valence-corrected chi connectivity index (χ4v) is 1.71. The second kappa shape index (κ2) is 5.88. The van der Waals surface area contributed by atoms with Gasteiger partial charge in [-0.2, -0.15) is 8.78 Å². The van der Waals surface area contributed by atoms with Crippen LogP contribution in [0, 0.1) is 0 Å². The van der Waals surface area contributed by atoms with Gasteiger partial charge >= 0.3 is 12.3 Å². The molecular weight excluding hydrogens is 284 g/mol. The fourth-order valence-electron chi connectivity index (χ4n) is 1.71. The Kier molecular flexibility index (Phi) is 4.39. The lowest BCUT2D eigenvalue weighted by Gasteiger charge is -2.17. The van der Waals surface area contributed by atoms with E-state index in [2.05, 4.69) is 14.7 Å². The molecule has 0 spiro atoms. The van der Waals surface area contributed by atoms with E-state index in [1.807, 2.05) is 0 Å². The highest BCUT2D eigenvalue weighted by molar-refractivity contribution is 5.18. The fraction of sp³-hybridized carbons (Fsp3) is 0.636. The van der Waals surface area contributed by atoms with Gasteiger partial charge in [-0.15, -0.1) is 0 Å². The summed E-state index contributed by atoms with van der Waals surface area (Å²) in [6, 6.07) is 0. The molecule has 0 aliphatic carbocycles. The molecule has 1 N–H and O–H groups in total. The molecule has 2 heterocycles. The molecule has 1 aromatic rings. The van der Waals surface area contributed by atoms with E-state index in [1.165, 1.54) is 0 Å². The molecule has 0 atom stereocenters. The maximum atomic E-state index is 12.6. The molecule has 1 aliphatic rings. The van der Waals surface area contributed by atoms with E-state index in [0.717, 1.165) is 0 Å². The summed E-state index contributed by atoms with van der Waals surface area (Å²) in [5, 5.41) is 0. The second-order valence-electron chi connectivity index (χ2n) is 4.29. The van der Waals surface area contributed by atoms with Crippen molar-refractivity contribution in [3.8, 4) is 0 Å². The van der Waals surface area contributed by atoms with E-state index in [4.69, 9.17) is 4.74 Å². The molecule has 2 rings (SSSR count). The summed E-state index contributed by atoms with van der Waals surface area (Å²) in [6.45, 7) is -1.35. The Morgan fingerprint density at radius 1 is 1.45 bits per heavy atom. The van der Waals surface area contributed by atoms with E-state index in [0.29, 0.717) is 24.3 Å². The van der Waals surface area contributed by atoms with Crippen molar-refractivity contribution < 1.29 is 27.0 Å². The van der Waals surface area contributed by atoms with Crippen LogP contribution in [0.4, 0.5) is 17.6 Å². The van der Waals surface area contributed by atoms with Gasteiger partial charge in [0.15, 0.2) is 0 Å². The van der Waals surface area contributed by atoms with Crippen LogP contribution in [-0.2, 0) is 29.1 Å². The Bertz CT molecular complexity index is 533. The minimum atomic E-state index is -4.22. The largest absolute Gasteiger partial charge is 0.376 e. The smallest absolute Gasteiger partial charge is 0.330 e. The van der Waals surface area contributed by atoms with Gasteiger partial charge in [-0.1, -0.05) is 0 Å². The number of alkyl halides is 4. The van der Waals surface area contributed by atoms with Gasteiger partial charge in [0.2, 0.25) is 0 Å². The Morgan fingerprint density at radius 2 is 2.20 bits per heavy atom. The third-order valence-electron chi connectivity index (χ3n) is 2.73. The average Bonchev–Trinajstić information content (AvgIpc) is 2.38. The SMILES string of the molecule is O=c1[nH]c(COCC(F)(F)C(F)F)nc2c1COCC2. The first-order valence-electron chi connectivity index (χ1n) is 5.82. The summed E-state index contributed by atoms with van der Waals surface area (Å²) < 4.78 is 58.6. The summed E-state index contributed by atoms with van der Waals surface area (Å²) in [6.07, 6.45) is -3.37. The zero-order valence-corrected chi connectivity index (χ0v) is 10.3. The predicted molar refractivity (Wildman–Crippen MR) is 58.8 cm³/mol. The summed E-state index contributed by atoms with van der Waals surface area (Å²) in [7, 11) is 0. The number of nitrogens with one attached hydrogen (secondary N) is 1. The Balaban J connectivity index is 2.01. The van der Waals surface area contributed by atoms with Crippen molar-refractivity contribution in [1.29, 1.82) is 0 Å². The van der Waals surface area contributed by atoms with Crippen LogP contribution in [0.3, 0.4) is 0 Å². The van der Waals surface area contributed by atoms with E-state index >= 15 is 0 Å². The molecule has 0 unspecified atom stereocenters. The zero-order chi connectivity index (χ0) is 14.8. The molecular formula is C11H12F4N2O3. The van der Waals surface area contributed by atoms with Gasteiger partial charge in [-0.3, -0.25) is 4.79 Å². The number of fused-ring (bicyclic) bond motifs is 1. The number of rotatable bonds is 5. The topological polar surface area (TPSA) is 64.2 Å². The van der Waals surface area contributed by atoms with Crippen LogP contribution in [-0.4, -0.2) is 35.5 Å². The first-order chi connectivity index (χ1) is 9.40. The van der Waals surface area contributed by atoms with Crippen molar-refractivity contribution in [2.75, 3.05) is 13.2 Å². The van der Waals surface area contributed by atoms with Crippen LogP contribution in [0.1, 0.15) is 17.1 Å². The number of nitrogens with zero attached hydrogens (tertiary/aromatic N) is 1. The van der Waals surface area contributed by atoms with Crippen LogP contribution in [0.2, 0.25) is 0 Å². The van der Waals surface area contributed by atoms with Crippen LogP contribution in [0.5, 0.6) is 0 Å². The third-order valence-corrected chi connectivity index (χ3v) is 2.73. The summed E-state index contributed by atoms with van der Waals surface area (Å²) in [4.78, 5) is 18.0. The molecule has 0 saturated carbocycles. The molecule has 0 amide bonds. The Morgan fingerprint density at radius 3 is 2.90 bits per heavy atom. The highest BCUT2D eigenvalue weighted by Crippen LogP contribution is 2.23. The van der Waals surface area contributed by atoms with Crippen LogP contribution in [0.15, 0.2) is 4.79 Å². The van der Waals surface area contributed by atoms with Crippen molar-refractivity contribution in [2.45, 2.75) is 32.0 Å². The lowest BCUT2D eigenvalue weighted by molar-refractivity contribution is -0.168. The number of H-pyrrole nitrogens is 1. The quantitative estimate of drug-likeness (QED) is 0.831. The van der Waals surface area contributed by atoms with Gasteiger partial charge in [0.05, 0.1) is 24.5 Å². The minimum Gasteiger partial charge on any atom is -0.376 e.